The Morgan fingerprint density at radius 1 is 1.03 bits per heavy atom. The van der Waals surface area contributed by atoms with E-state index in [2.05, 4.69) is 15.5 Å². The van der Waals surface area contributed by atoms with E-state index in [-0.39, 0.29) is 11.6 Å². The van der Waals surface area contributed by atoms with E-state index in [1.807, 2.05) is 41.1 Å². The third kappa shape index (κ3) is 4.48. The number of pyridine rings is 1. The predicted octanol–water partition coefficient (Wildman–Crippen LogP) is 5.69. The Hall–Kier alpha value is -3.68. The van der Waals surface area contributed by atoms with Crippen molar-refractivity contribution < 1.29 is 17.6 Å². The molecule has 1 N–H and O–H groups in total. The van der Waals surface area contributed by atoms with E-state index < -0.39 is 11.7 Å². The number of halogens is 4. The quantitative estimate of drug-likeness (QED) is 0.260. The molecular formula is C22H16F4N4. The summed E-state index contributed by atoms with van der Waals surface area (Å²) in [6.07, 6.45) is -0.176. The van der Waals surface area contributed by atoms with Crippen molar-refractivity contribution in [2.45, 2.75) is 12.7 Å². The van der Waals surface area contributed by atoms with Crippen LogP contribution in [-0.2, 0) is 12.7 Å². The van der Waals surface area contributed by atoms with Gasteiger partial charge in [0.1, 0.15) is 11.6 Å². The molecule has 0 unspecified atom stereocenters. The maximum absolute atomic E-state index is 13.4. The first-order chi connectivity index (χ1) is 14.4. The molecule has 2 heterocycles. The Balaban J connectivity index is 1.45. The minimum absolute atomic E-state index is 0.210. The Kier molecular flexibility index (Phi) is 5.22. The molecule has 2 aromatic carbocycles. The molecule has 0 fully saturated rings. The predicted molar refractivity (Wildman–Crippen MR) is 108 cm³/mol. The van der Waals surface area contributed by atoms with E-state index in [1.165, 1.54) is 18.2 Å². The van der Waals surface area contributed by atoms with Crippen LogP contribution in [0.3, 0.4) is 0 Å². The van der Waals surface area contributed by atoms with Gasteiger partial charge in [0.05, 0.1) is 11.8 Å². The molecule has 2 aromatic heterocycles. The summed E-state index contributed by atoms with van der Waals surface area (Å²) in [5, 5.41) is 5.02. The van der Waals surface area contributed by atoms with Gasteiger partial charge in [-0.3, -0.25) is 5.43 Å². The summed E-state index contributed by atoms with van der Waals surface area (Å²) in [7, 11) is 0. The van der Waals surface area contributed by atoms with Gasteiger partial charge in [-0.15, -0.1) is 0 Å². The van der Waals surface area contributed by atoms with Crippen molar-refractivity contribution in [1.29, 1.82) is 0 Å². The standard InChI is InChI=1S/C22H16F4N4/c23-19-3-1-2-16(11-19)14-30-9-8-17-10-15(4-6-20(17)30)12-28-29-21-7-5-18(13-27-21)22(24,25)26/h1-13H,14H2,(H,27,29)/b28-12-. The smallest absolute Gasteiger partial charge is 0.343 e. The summed E-state index contributed by atoms with van der Waals surface area (Å²) < 4.78 is 53.1. The highest BCUT2D eigenvalue weighted by atomic mass is 19.4. The van der Waals surface area contributed by atoms with Crippen LogP contribution in [0.2, 0.25) is 0 Å². The van der Waals surface area contributed by atoms with Crippen LogP contribution >= 0.6 is 0 Å². The Bertz CT molecular complexity index is 1190. The highest BCUT2D eigenvalue weighted by Gasteiger charge is 2.30. The molecule has 0 atom stereocenters. The van der Waals surface area contributed by atoms with Gasteiger partial charge in [-0.2, -0.15) is 18.3 Å². The van der Waals surface area contributed by atoms with Crippen LogP contribution < -0.4 is 5.43 Å². The molecule has 4 rings (SSSR count). The zero-order chi connectivity index (χ0) is 21.1. The topological polar surface area (TPSA) is 42.2 Å². The number of hydrogen-bond donors (Lipinski definition) is 1. The summed E-state index contributed by atoms with van der Waals surface area (Å²) in [6, 6.07) is 16.3. The maximum Gasteiger partial charge on any atom is 0.417 e. The average molecular weight is 412 g/mol. The van der Waals surface area contributed by atoms with Gasteiger partial charge < -0.3 is 4.57 Å². The molecule has 8 heteroatoms. The lowest BCUT2D eigenvalue weighted by Crippen LogP contribution is -2.05. The molecule has 0 amide bonds. The Labute approximate surface area is 169 Å². The third-order valence-corrected chi connectivity index (χ3v) is 4.52. The number of nitrogens with zero attached hydrogens (tertiary/aromatic N) is 3. The molecule has 30 heavy (non-hydrogen) atoms. The zero-order valence-corrected chi connectivity index (χ0v) is 15.6. The van der Waals surface area contributed by atoms with Crippen LogP contribution in [0.4, 0.5) is 23.4 Å². The van der Waals surface area contributed by atoms with E-state index in [4.69, 9.17) is 0 Å². The van der Waals surface area contributed by atoms with Crippen molar-refractivity contribution in [1.82, 2.24) is 9.55 Å². The van der Waals surface area contributed by atoms with Crippen molar-refractivity contribution in [3.8, 4) is 0 Å². The summed E-state index contributed by atoms with van der Waals surface area (Å²) in [5.74, 6) is -0.0564. The van der Waals surface area contributed by atoms with Crippen LogP contribution in [0.1, 0.15) is 16.7 Å². The van der Waals surface area contributed by atoms with E-state index in [0.29, 0.717) is 6.54 Å². The van der Waals surface area contributed by atoms with E-state index in [0.717, 1.165) is 34.3 Å². The lowest BCUT2D eigenvalue weighted by molar-refractivity contribution is -0.137. The van der Waals surface area contributed by atoms with Crippen molar-refractivity contribution >= 4 is 22.9 Å². The highest BCUT2D eigenvalue weighted by molar-refractivity contribution is 5.89. The number of benzene rings is 2. The summed E-state index contributed by atoms with van der Waals surface area (Å²) in [4.78, 5) is 3.70. The van der Waals surface area contributed by atoms with Crippen LogP contribution in [0.25, 0.3) is 10.9 Å². The summed E-state index contributed by atoms with van der Waals surface area (Å²) >= 11 is 0. The van der Waals surface area contributed by atoms with Crippen LogP contribution in [-0.4, -0.2) is 15.8 Å². The highest BCUT2D eigenvalue weighted by Crippen LogP contribution is 2.28. The van der Waals surface area contributed by atoms with E-state index >= 15 is 0 Å². The zero-order valence-electron chi connectivity index (χ0n) is 15.6. The molecule has 0 bridgehead atoms. The van der Waals surface area contributed by atoms with Gasteiger partial charge in [-0.25, -0.2) is 9.37 Å². The number of nitrogens with one attached hydrogen (secondary N) is 1. The molecule has 0 spiro atoms. The summed E-state index contributed by atoms with van der Waals surface area (Å²) in [6.45, 7) is 0.551. The van der Waals surface area contributed by atoms with Gasteiger partial charge >= 0.3 is 6.18 Å². The second-order valence-corrected chi connectivity index (χ2v) is 6.69. The number of aromatic nitrogens is 2. The third-order valence-electron chi connectivity index (χ3n) is 4.52. The minimum Gasteiger partial charge on any atom is -0.343 e. The normalized spacial score (nSPS) is 12.0. The molecule has 0 aliphatic heterocycles. The Morgan fingerprint density at radius 3 is 2.63 bits per heavy atom. The first kappa shape index (κ1) is 19.6. The largest absolute Gasteiger partial charge is 0.417 e. The maximum atomic E-state index is 13.4. The molecule has 0 radical (unpaired) electrons. The second-order valence-electron chi connectivity index (χ2n) is 6.69. The number of alkyl halides is 3. The first-order valence-electron chi connectivity index (χ1n) is 9.04. The van der Waals surface area contributed by atoms with Gasteiger partial charge in [0.15, 0.2) is 0 Å². The van der Waals surface area contributed by atoms with Gasteiger partial charge in [-0.05, 0) is 53.6 Å². The van der Waals surface area contributed by atoms with E-state index in [1.54, 1.807) is 12.3 Å². The van der Waals surface area contributed by atoms with Crippen molar-refractivity contribution in [2.24, 2.45) is 5.10 Å². The second kappa shape index (κ2) is 7.98. The van der Waals surface area contributed by atoms with Gasteiger partial charge in [0.2, 0.25) is 0 Å². The SMILES string of the molecule is Fc1cccc(Cn2ccc3cc(/C=N\Nc4ccc(C(F)(F)F)cn4)ccc32)c1. The molecule has 152 valence electrons. The van der Waals surface area contributed by atoms with Crippen LogP contribution in [0.5, 0.6) is 0 Å². The molecule has 0 aliphatic carbocycles. The van der Waals surface area contributed by atoms with Gasteiger partial charge in [0, 0.05) is 29.8 Å². The van der Waals surface area contributed by atoms with Crippen molar-refractivity contribution in [2.75, 3.05) is 5.43 Å². The van der Waals surface area contributed by atoms with Crippen LogP contribution in [0.15, 0.2) is 78.2 Å². The van der Waals surface area contributed by atoms with Crippen molar-refractivity contribution in [3.63, 3.8) is 0 Å². The number of hydrazone groups is 1. The fraction of sp³-hybridized carbons (Fsp3) is 0.0909. The monoisotopic (exact) mass is 412 g/mol. The van der Waals surface area contributed by atoms with Crippen molar-refractivity contribution in [3.05, 3.63) is 95.6 Å². The molecule has 0 saturated carbocycles. The molecular weight excluding hydrogens is 396 g/mol. The number of fused-ring (bicyclic) bond motifs is 1. The lowest BCUT2D eigenvalue weighted by Gasteiger charge is -2.07. The van der Waals surface area contributed by atoms with Crippen LogP contribution in [0, 0.1) is 5.82 Å². The average Bonchev–Trinajstić information content (AvgIpc) is 3.10. The number of anilines is 1. The van der Waals surface area contributed by atoms with Gasteiger partial charge in [-0.1, -0.05) is 18.2 Å². The minimum atomic E-state index is -4.42. The fourth-order valence-corrected chi connectivity index (χ4v) is 3.07. The number of hydrogen-bond acceptors (Lipinski definition) is 3. The summed E-state index contributed by atoms with van der Waals surface area (Å²) in [5.41, 5.74) is 4.47. The first-order valence-corrected chi connectivity index (χ1v) is 9.04. The Morgan fingerprint density at radius 2 is 1.90 bits per heavy atom. The van der Waals surface area contributed by atoms with Gasteiger partial charge in [0.25, 0.3) is 0 Å². The molecule has 4 nitrogen and oxygen atoms in total. The molecule has 0 aliphatic rings. The van der Waals surface area contributed by atoms with E-state index in [9.17, 15) is 17.6 Å². The fourth-order valence-electron chi connectivity index (χ4n) is 3.07. The number of rotatable bonds is 5. The molecule has 4 aromatic rings. The lowest BCUT2D eigenvalue weighted by atomic mass is 10.1. The molecule has 0 saturated heterocycles.